The van der Waals surface area contributed by atoms with Crippen molar-refractivity contribution in [3.63, 3.8) is 0 Å². The first kappa shape index (κ1) is 19.3. The summed E-state index contributed by atoms with van der Waals surface area (Å²) in [6.07, 6.45) is 0. The highest BCUT2D eigenvalue weighted by molar-refractivity contribution is 7.98. The Morgan fingerprint density at radius 1 is 1.03 bits per heavy atom. The molecule has 0 aliphatic carbocycles. The standard InChI is InChI=1S/C21H21FN4O3S/c22-17-10-15-12-28-14-29-19(15)16(11-17)13-30-21-24-23-20(25-6-8-27-9-7-25)26(21)18-4-2-1-3-5-18/h1-5,10-11H,6-9,12-14H2. The monoisotopic (exact) mass is 428 g/mol. The molecule has 0 N–H and O–H groups in total. The van der Waals surface area contributed by atoms with Crippen LogP contribution in [0.2, 0.25) is 0 Å². The van der Waals surface area contributed by atoms with E-state index >= 15 is 0 Å². The maximum absolute atomic E-state index is 14.1. The van der Waals surface area contributed by atoms with Gasteiger partial charge in [0.1, 0.15) is 11.6 Å². The number of nitrogens with zero attached hydrogens (tertiary/aromatic N) is 4. The average molecular weight is 428 g/mol. The zero-order chi connectivity index (χ0) is 20.3. The summed E-state index contributed by atoms with van der Waals surface area (Å²) < 4.78 is 32.6. The second-order valence-electron chi connectivity index (χ2n) is 7.01. The van der Waals surface area contributed by atoms with E-state index in [4.69, 9.17) is 14.2 Å². The molecule has 0 spiro atoms. The van der Waals surface area contributed by atoms with Crippen LogP contribution >= 0.6 is 11.8 Å². The third-order valence-corrected chi connectivity index (χ3v) is 6.01. The number of hydrogen-bond acceptors (Lipinski definition) is 7. The molecular formula is C21H21FN4O3S. The Bertz CT molecular complexity index is 1020. The average Bonchev–Trinajstić information content (AvgIpc) is 3.22. The number of aromatic nitrogens is 3. The van der Waals surface area contributed by atoms with Gasteiger partial charge in [-0.05, 0) is 24.3 Å². The zero-order valence-corrected chi connectivity index (χ0v) is 17.1. The van der Waals surface area contributed by atoms with Crippen molar-refractivity contribution in [2.24, 2.45) is 0 Å². The van der Waals surface area contributed by atoms with Crippen LogP contribution in [0.15, 0.2) is 47.6 Å². The van der Waals surface area contributed by atoms with Gasteiger partial charge in [-0.15, -0.1) is 10.2 Å². The van der Waals surface area contributed by atoms with Crippen molar-refractivity contribution in [3.8, 4) is 11.4 Å². The molecule has 156 valence electrons. The Kier molecular flexibility index (Phi) is 5.56. The topological polar surface area (TPSA) is 61.6 Å². The molecule has 9 heteroatoms. The summed E-state index contributed by atoms with van der Waals surface area (Å²) in [6, 6.07) is 13.0. The molecular weight excluding hydrogens is 407 g/mol. The van der Waals surface area contributed by atoms with E-state index in [0.29, 0.717) is 31.3 Å². The van der Waals surface area contributed by atoms with E-state index in [1.807, 2.05) is 34.9 Å². The molecule has 0 saturated carbocycles. The van der Waals surface area contributed by atoms with Gasteiger partial charge in [0.25, 0.3) is 0 Å². The van der Waals surface area contributed by atoms with Gasteiger partial charge in [-0.2, -0.15) is 0 Å². The fourth-order valence-corrected chi connectivity index (χ4v) is 4.55. The minimum atomic E-state index is -0.294. The van der Waals surface area contributed by atoms with E-state index in [9.17, 15) is 4.39 Å². The highest BCUT2D eigenvalue weighted by Crippen LogP contribution is 2.35. The van der Waals surface area contributed by atoms with Gasteiger partial charge in [0.15, 0.2) is 11.9 Å². The Morgan fingerprint density at radius 3 is 2.70 bits per heavy atom. The highest BCUT2D eigenvalue weighted by Gasteiger charge is 2.23. The Balaban J connectivity index is 1.47. The number of morpholine rings is 1. The third-order valence-electron chi connectivity index (χ3n) is 5.03. The van der Waals surface area contributed by atoms with Crippen molar-refractivity contribution in [1.29, 1.82) is 0 Å². The van der Waals surface area contributed by atoms with Crippen LogP contribution in [-0.2, 0) is 21.8 Å². The summed E-state index contributed by atoms with van der Waals surface area (Å²) in [6.45, 7) is 3.39. The minimum Gasteiger partial charge on any atom is -0.467 e. The molecule has 0 atom stereocenters. The molecule has 0 radical (unpaired) electrons. The lowest BCUT2D eigenvalue weighted by Crippen LogP contribution is -2.37. The number of halogens is 1. The molecule has 1 aromatic heterocycles. The highest BCUT2D eigenvalue weighted by atomic mass is 32.2. The minimum absolute atomic E-state index is 0.178. The number of benzene rings is 2. The molecule has 2 aliphatic heterocycles. The number of para-hydroxylation sites is 1. The van der Waals surface area contributed by atoms with Crippen molar-refractivity contribution in [2.45, 2.75) is 17.5 Å². The van der Waals surface area contributed by atoms with Crippen molar-refractivity contribution in [2.75, 3.05) is 38.0 Å². The fraction of sp³-hybridized carbons (Fsp3) is 0.333. The van der Waals surface area contributed by atoms with Crippen LogP contribution in [-0.4, -0.2) is 47.9 Å². The fourth-order valence-electron chi connectivity index (χ4n) is 3.63. The molecule has 3 heterocycles. The molecule has 2 aliphatic rings. The molecule has 2 aromatic carbocycles. The lowest BCUT2D eigenvalue weighted by Gasteiger charge is -2.28. The third kappa shape index (κ3) is 3.88. The first-order valence-electron chi connectivity index (χ1n) is 9.78. The first-order chi connectivity index (χ1) is 14.8. The van der Waals surface area contributed by atoms with E-state index in [1.165, 1.54) is 23.9 Å². The number of thioether (sulfide) groups is 1. The maximum Gasteiger partial charge on any atom is 0.232 e. The molecule has 3 aromatic rings. The number of fused-ring (bicyclic) bond motifs is 1. The van der Waals surface area contributed by atoms with Crippen molar-refractivity contribution in [3.05, 3.63) is 59.4 Å². The second-order valence-corrected chi connectivity index (χ2v) is 7.95. The second kappa shape index (κ2) is 8.63. The summed E-state index contributed by atoms with van der Waals surface area (Å²) in [4.78, 5) is 2.18. The summed E-state index contributed by atoms with van der Waals surface area (Å²) in [5.74, 6) is 1.71. The van der Waals surface area contributed by atoms with Crippen LogP contribution in [0, 0.1) is 5.82 Å². The Labute approximate surface area is 177 Å². The molecule has 30 heavy (non-hydrogen) atoms. The number of hydrogen-bond donors (Lipinski definition) is 0. The SMILES string of the molecule is Fc1cc2c(c(CSc3nnc(N4CCOCC4)n3-c3ccccc3)c1)OCOC2. The lowest BCUT2D eigenvalue weighted by molar-refractivity contribution is -0.0171. The molecule has 7 nitrogen and oxygen atoms in total. The van der Waals surface area contributed by atoms with Gasteiger partial charge in [-0.3, -0.25) is 4.57 Å². The summed E-state index contributed by atoms with van der Waals surface area (Å²) in [5.41, 5.74) is 2.50. The van der Waals surface area contributed by atoms with Gasteiger partial charge in [-0.25, -0.2) is 4.39 Å². The van der Waals surface area contributed by atoms with E-state index < -0.39 is 0 Å². The molecule has 5 rings (SSSR count). The first-order valence-corrected chi connectivity index (χ1v) is 10.8. The Hall–Kier alpha value is -2.62. The van der Waals surface area contributed by atoms with Crippen LogP contribution in [0.3, 0.4) is 0 Å². The van der Waals surface area contributed by atoms with Crippen LogP contribution < -0.4 is 9.64 Å². The van der Waals surface area contributed by atoms with E-state index in [1.54, 1.807) is 0 Å². The summed E-state index contributed by atoms with van der Waals surface area (Å²) in [5, 5.41) is 9.67. The molecule has 0 unspecified atom stereocenters. The summed E-state index contributed by atoms with van der Waals surface area (Å²) in [7, 11) is 0. The Morgan fingerprint density at radius 2 is 1.87 bits per heavy atom. The van der Waals surface area contributed by atoms with Crippen molar-refractivity contribution >= 4 is 17.7 Å². The molecule has 0 bridgehead atoms. The van der Waals surface area contributed by atoms with Crippen molar-refractivity contribution in [1.82, 2.24) is 14.8 Å². The quantitative estimate of drug-likeness (QED) is 0.577. The van der Waals surface area contributed by atoms with Crippen LogP contribution in [0.25, 0.3) is 5.69 Å². The largest absolute Gasteiger partial charge is 0.467 e. The van der Waals surface area contributed by atoms with E-state index in [-0.39, 0.29) is 12.6 Å². The lowest BCUT2D eigenvalue weighted by atomic mass is 10.1. The van der Waals surface area contributed by atoms with E-state index in [0.717, 1.165) is 41.0 Å². The van der Waals surface area contributed by atoms with Gasteiger partial charge >= 0.3 is 0 Å². The van der Waals surface area contributed by atoms with Gasteiger partial charge in [-0.1, -0.05) is 30.0 Å². The van der Waals surface area contributed by atoms with Crippen molar-refractivity contribution < 1.29 is 18.6 Å². The zero-order valence-electron chi connectivity index (χ0n) is 16.3. The molecule has 0 amide bonds. The van der Waals surface area contributed by atoms with Gasteiger partial charge in [0.05, 0.1) is 25.5 Å². The normalized spacial score (nSPS) is 16.2. The smallest absolute Gasteiger partial charge is 0.232 e. The predicted octanol–water partition coefficient (Wildman–Crippen LogP) is 3.40. The van der Waals surface area contributed by atoms with Gasteiger partial charge < -0.3 is 19.1 Å². The van der Waals surface area contributed by atoms with Crippen LogP contribution in [0.5, 0.6) is 5.75 Å². The van der Waals surface area contributed by atoms with Crippen LogP contribution in [0.4, 0.5) is 10.3 Å². The van der Waals surface area contributed by atoms with Gasteiger partial charge in [0, 0.05) is 30.0 Å². The molecule has 1 saturated heterocycles. The summed E-state index contributed by atoms with van der Waals surface area (Å²) >= 11 is 1.51. The van der Waals surface area contributed by atoms with E-state index in [2.05, 4.69) is 15.1 Å². The van der Waals surface area contributed by atoms with Crippen LogP contribution in [0.1, 0.15) is 11.1 Å². The predicted molar refractivity (Wildman–Crippen MR) is 111 cm³/mol. The molecule has 1 fully saturated rings. The number of rotatable bonds is 5. The van der Waals surface area contributed by atoms with Gasteiger partial charge in [0.2, 0.25) is 5.95 Å². The maximum atomic E-state index is 14.1. The number of anilines is 1. The number of ether oxygens (including phenoxy) is 3.